The third-order valence-electron chi connectivity index (χ3n) is 5.51. The van der Waals surface area contributed by atoms with E-state index < -0.39 is 78.3 Å². The summed E-state index contributed by atoms with van der Waals surface area (Å²) in [5.41, 5.74) is -13.1. The van der Waals surface area contributed by atoms with Crippen LogP contribution in [0.4, 0.5) is 39.5 Å². The Morgan fingerprint density at radius 2 is 0.765 bits per heavy atom. The van der Waals surface area contributed by atoms with Crippen molar-refractivity contribution in [1.29, 1.82) is 0 Å². The van der Waals surface area contributed by atoms with E-state index in [-0.39, 0.29) is 0 Å². The molecule has 0 bridgehead atoms. The molecule has 0 aliphatic heterocycles. The third-order valence-corrected chi connectivity index (χ3v) is 5.51. The maximum absolute atomic E-state index is 14.6. The number of carbonyl (C=O) groups excluding carboxylic acids is 3. The zero-order valence-corrected chi connectivity index (χ0v) is 16.9. The molecule has 0 aromatic heterocycles. The summed E-state index contributed by atoms with van der Waals surface area (Å²) in [5, 5.41) is 0. The molecule has 0 radical (unpaired) electrons. The van der Waals surface area contributed by atoms with Crippen LogP contribution in [0.3, 0.4) is 0 Å². The standard InChI is InChI=1S/C15H12BF9O9/c1-29-7(26)10(20)4(17)13(10,23)32-16(33-14(24)5(18)11(14,21)8(27)30-2)34-15(25)6(19)12(15,22)9(28)31-3/h4-6H,1-3H3/t4?,5?,6?,10-,11-,12-,13-,14-,15-/m1/s1. The van der Waals surface area contributed by atoms with Gasteiger partial charge in [0.25, 0.3) is 17.6 Å². The highest BCUT2D eigenvalue weighted by Crippen LogP contribution is 2.64. The highest BCUT2D eigenvalue weighted by Gasteiger charge is 2.95. The maximum atomic E-state index is 14.6. The van der Waals surface area contributed by atoms with Gasteiger partial charge in [-0.2, -0.15) is 0 Å². The second kappa shape index (κ2) is 7.36. The van der Waals surface area contributed by atoms with Crippen molar-refractivity contribution >= 4 is 25.2 Å². The van der Waals surface area contributed by atoms with E-state index in [9.17, 15) is 53.9 Å². The average molecular weight is 518 g/mol. The fourth-order valence-electron chi connectivity index (χ4n) is 3.13. The van der Waals surface area contributed by atoms with Crippen LogP contribution in [0, 0.1) is 0 Å². The fourth-order valence-corrected chi connectivity index (χ4v) is 3.13. The van der Waals surface area contributed by atoms with Crippen molar-refractivity contribution < 1.29 is 82.1 Å². The molecule has 3 unspecified atom stereocenters. The number of methoxy groups -OCH3 is 3. The summed E-state index contributed by atoms with van der Waals surface area (Å²) >= 11 is 0. The minimum atomic E-state index is -4.60. The molecule has 3 rings (SSSR count). The first-order valence-electron chi connectivity index (χ1n) is 8.79. The molecule has 9 nitrogen and oxygen atoms in total. The van der Waals surface area contributed by atoms with Crippen molar-refractivity contribution in [2.75, 3.05) is 21.3 Å². The van der Waals surface area contributed by atoms with E-state index in [1.807, 2.05) is 0 Å². The number of rotatable bonds is 9. The predicted molar refractivity (Wildman–Crippen MR) is 82.8 cm³/mol. The predicted octanol–water partition coefficient (Wildman–Crippen LogP) is 0.717. The van der Waals surface area contributed by atoms with Crippen molar-refractivity contribution in [3.8, 4) is 0 Å². The summed E-state index contributed by atoms with van der Waals surface area (Å²) in [7, 11) is -2.49. The molecule has 0 amide bonds. The number of alkyl halides is 9. The molecule has 3 saturated carbocycles. The van der Waals surface area contributed by atoms with E-state index >= 15 is 0 Å². The van der Waals surface area contributed by atoms with E-state index in [2.05, 4.69) is 28.2 Å². The molecule has 0 aromatic rings. The van der Waals surface area contributed by atoms with Gasteiger partial charge in [-0.3, -0.25) is 0 Å². The monoisotopic (exact) mass is 518 g/mol. The third kappa shape index (κ3) is 2.79. The van der Waals surface area contributed by atoms with E-state index in [1.165, 1.54) is 0 Å². The Labute approximate surface area is 182 Å². The summed E-state index contributed by atoms with van der Waals surface area (Å²) in [6, 6.07) is 0. The smallest absolute Gasteiger partial charge is 0.466 e. The first-order valence-corrected chi connectivity index (χ1v) is 8.79. The Kier molecular flexibility index (Phi) is 5.70. The SMILES string of the molecule is COC(=O)[C@]1(F)C(F)[C@@]1(F)OB(O[C@]1(F)C(F)[C@@]1(F)C(=O)OC)O[C@]1(F)C(F)[C@@]1(F)C(=O)OC. The second-order valence-electron chi connectivity index (χ2n) is 7.27. The normalized spacial score (nSPS) is 48.5. The second-order valence-corrected chi connectivity index (χ2v) is 7.27. The van der Waals surface area contributed by atoms with E-state index in [1.54, 1.807) is 0 Å². The lowest BCUT2D eigenvalue weighted by atomic mass is 10.2. The van der Waals surface area contributed by atoms with Gasteiger partial charge in [-0.1, -0.05) is 0 Å². The highest BCUT2D eigenvalue weighted by molar-refractivity contribution is 6.37. The van der Waals surface area contributed by atoms with Crippen molar-refractivity contribution in [3.05, 3.63) is 0 Å². The molecule has 0 saturated heterocycles. The van der Waals surface area contributed by atoms with E-state index in [4.69, 9.17) is 0 Å². The van der Waals surface area contributed by atoms with Gasteiger partial charge >= 0.3 is 42.2 Å². The minimum Gasteiger partial charge on any atom is -0.466 e. The van der Waals surface area contributed by atoms with Crippen LogP contribution in [0.25, 0.3) is 0 Å². The van der Waals surface area contributed by atoms with Gasteiger partial charge in [0.05, 0.1) is 21.3 Å². The Hall–Kier alpha value is -2.28. The zero-order chi connectivity index (χ0) is 26.3. The minimum absolute atomic E-state index is 0.449. The number of hydrogen-bond acceptors (Lipinski definition) is 9. The summed E-state index contributed by atoms with van der Waals surface area (Å²) in [4.78, 5) is 33.9. The number of hydrogen-bond donors (Lipinski definition) is 0. The zero-order valence-electron chi connectivity index (χ0n) is 16.9. The molecule has 0 aromatic carbocycles. The van der Waals surface area contributed by atoms with Crippen LogP contribution in [-0.4, -0.2) is 99.6 Å². The quantitative estimate of drug-likeness (QED) is 0.189. The molecule has 0 heterocycles. The largest absolute Gasteiger partial charge is 0.646 e. The first-order chi connectivity index (χ1) is 15.4. The summed E-state index contributed by atoms with van der Waals surface area (Å²) < 4.78 is 151. The Bertz CT molecular complexity index is 820. The van der Waals surface area contributed by atoms with Crippen molar-refractivity contribution in [2.24, 2.45) is 0 Å². The first kappa shape index (κ1) is 26.3. The van der Waals surface area contributed by atoms with Gasteiger partial charge in [0.2, 0.25) is 18.5 Å². The van der Waals surface area contributed by atoms with Crippen LogP contribution in [0.5, 0.6) is 0 Å². The van der Waals surface area contributed by atoms with Crippen LogP contribution in [0.1, 0.15) is 0 Å². The number of ether oxygens (including phenoxy) is 3. The van der Waals surface area contributed by atoms with Crippen LogP contribution in [0.15, 0.2) is 0 Å². The molecule has 3 fully saturated rings. The van der Waals surface area contributed by atoms with Gasteiger partial charge in [-0.05, 0) is 0 Å². The van der Waals surface area contributed by atoms with Gasteiger partial charge in [0.15, 0.2) is 0 Å². The molecule has 192 valence electrons. The lowest BCUT2D eigenvalue weighted by molar-refractivity contribution is -0.172. The van der Waals surface area contributed by atoms with Gasteiger partial charge in [0.1, 0.15) is 0 Å². The molecular weight excluding hydrogens is 506 g/mol. The van der Waals surface area contributed by atoms with Gasteiger partial charge < -0.3 is 28.2 Å². The number of carbonyl (C=O) groups is 3. The summed E-state index contributed by atoms with van der Waals surface area (Å²) in [6.07, 6.45) is -10.9. The van der Waals surface area contributed by atoms with Crippen molar-refractivity contribution in [1.82, 2.24) is 0 Å². The van der Waals surface area contributed by atoms with Crippen molar-refractivity contribution in [3.63, 3.8) is 0 Å². The number of esters is 3. The van der Waals surface area contributed by atoms with Crippen LogP contribution in [-0.2, 0) is 42.6 Å². The molecule has 3 aliphatic carbocycles. The topological polar surface area (TPSA) is 107 Å². The van der Waals surface area contributed by atoms with E-state index in [0.29, 0.717) is 21.3 Å². The van der Waals surface area contributed by atoms with Crippen LogP contribution in [0.2, 0.25) is 0 Å². The Morgan fingerprint density at radius 1 is 0.559 bits per heavy atom. The van der Waals surface area contributed by atoms with E-state index in [0.717, 1.165) is 0 Å². The van der Waals surface area contributed by atoms with Gasteiger partial charge in [0, 0.05) is 0 Å². The van der Waals surface area contributed by atoms with Crippen LogP contribution >= 0.6 is 0 Å². The molecule has 34 heavy (non-hydrogen) atoms. The fraction of sp³-hybridized carbons (Fsp3) is 0.800. The van der Waals surface area contributed by atoms with Crippen LogP contribution < -0.4 is 0 Å². The van der Waals surface area contributed by atoms with Crippen molar-refractivity contribution in [2.45, 2.75) is 53.1 Å². The summed E-state index contributed by atoms with van der Waals surface area (Å²) in [6.45, 7) is 0. The highest BCUT2D eigenvalue weighted by atomic mass is 19.2. The van der Waals surface area contributed by atoms with Gasteiger partial charge in [-0.15, -0.1) is 0 Å². The molecule has 9 atom stereocenters. The molecule has 19 heteroatoms. The summed E-state index contributed by atoms with van der Waals surface area (Å²) in [5.74, 6) is -20.7. The Morgan fingerprint density at radius 3 is 0.941 bits per heavy atom. The molecule has 0 N–H and O–H groups in total. The maximum Gasteiger partial charge on any atom is 0.646 e. The number of halogens is 9. The van der Waals surface area contributed by atoms with Gasteiger partial charge in [-0.25, -0.2) is 53.9 Å². The Balaban J connectivity index is 1.93. The molecule has 3 aliphatic rings. The lowest BCUT2D eigenvalue weighted by Crippen LogP contribution is -2.46. The molecular formula is C15H12BF9O9. The average Bonchev–Trinajstić information content (AvgIpc) is 3.57. The lowest BCUT2D eigenvalue weighted by Gasteiger charge is -2.22. The molecule has 0 spiro atoms.